The summed E-state index contributed by atoms with van der Waals surface area (Å²) >= 11 is 0. The van der Waals surface area contributed by atoms with Crippen LogP contribution in [-0.2, 0) is 11.2 Å². The lowest BCUT2D eigenvalue weighted by Gasteiger charge is -2.27. The van der Waals surface area contributed by atoms with Crippen LogP contribution in [0.4, 0.5) is 0 Å². The number of rotatable bonds is 3. The van der Waals surface area contributed by atoms with Crippen molar-refractivity contribution in [2.75, 3.05) is 13.2 Å². The van der Waals surface area contributed by atoms with E-state index in [1.54, 1.807) is 0 Å². The molecule has 0 amide bonds. The quantitative estimate of drug-likeness (QED) is 0.941. The summed E-state index contributed by atoms with van der Waals surface area (Å²) in [5.74, 6) is 1.12. The minimum Gasteiger partial charge on any atom is -0.378 e. The fourth-order valence-electron chi connectivity index (χ4n) is 3.51. The van der Waals surface area contributed by atoms with E-state index in [4.69, 9.17) is 9.72 Å². The number of nitrogens with one attached hydrogen (secondary N) is 1. The van der Waals surface area contributed by atoms with Crippen LogP contribution in [0.5, 0.6) is 0 Å². The van der Waals surface area contributed by atoms with Crippen LogP contribution in [0.25, 0.3) is 11.2 Å². The molecule has 2 atom stereocenters. The smallest absolute Gasteiger partial charge is 0.161 e. The van der Waals surface area contributed by atoms with Gasteiger partial charge in [0.1, 0.15) is 11.3 Å². The SMILES string of the molecule is c1cnc2c(c1)nc(CC1CCCO1)n2C1CCCCN1. The van der Waals surface area contributed by atoms with Crippen molar-refractivity contribution in [1.82, 2.24) is 19.9 Å². The fourth-order valence-corrected chi connectivity index (χ4v) is 3.51. The minimum atomic E-state index is 0.323. The molecule has 5 nitrogen and oxygen atoms in total. The molecule has 0 aliphatic carbocycles. The Hall–Kier alpha value is -1.46. The zero-order valence-corrected chi connectivity index (χ0v) is 12.3. The van der Waals surface area contributed by atoms with Crippen LogP contribution in [0.15, 0.2) is 18.3 Å². The second kappa shape index (κ2) is 5.73. The molecule has 2 aliphatic rings. The number of hydrogen-bond donors (Lipinski definition) is 1. The number of ether oxygens (including phenoxy) is 1. The predicted octanol–water partition coefficient (Wildman–Crippen LogP) is 2.42. The zero-order valence-electron chi connectivity index (χ0n) is 12.3. The van der Waals surface area contributed by atoms with Crippen molar-refractivity contribution >= 4 is 11.2 Å². The number of piperidine rings is 1. The van der Waals surface area contributed by atoms with Crippen LogP contribution >= 0.6 is 0 Å². The molecular formula is C16H22N4O. The molecule has 2 aromatic rings. The first kappa shape index (κ1) is 13.2. The maximum atomic E-state index is 5.80. The fraction of sp³-hybridized carbons (Fsp3) is 0.625. The van der Waals surface area contributed by atoms with Crippen LogP contribution in [0.2, 0.25) is 0 Å². The highest BCUT2D eigenvalue weighted by atomic mass is 16.5. The Morgan fingerprint density at radius 2 is 2.29 bits per heavy atom. The third-order valence-electron chi connectivity index (χ3n) is 4.55. The lowest BCUT2D eigenvalue weighted by molar-refractivity contribution is 0.108. The van der Waals surface area contributed by atoms with Gasteiger partial charge in [0.2, 0.25) is 0 Å². The first-order valence-electron chi connectivity index (χ1n) is 8.08. The van der Waals surface area contributed by atoms with Crippen molar-refractivity contribution in [1.29, 1.82) is 0 Å². The van der Waals surface area contributed by atoms with Crippen LogP contribution in [0, 0.1) is 0 Å². The van der Waals surface area contributed by atoms with E-state index in [-0.39, 0.29) is 0 Å². The molecule has 0 aromatic carbocycles. The zero-order chi connectivity index (χ0) is 14.1. The van der Waals surface area contributed by atoms with Crippen LogP contribution in [-0.4, -0.2) is 33.8 Å². The summed E-state index contributed by atoms with van der Waals surface area (Å²) in [4.78, 5) is 9.40. The molecule has 2 saturated heterocycles. The van der Waals surface area contributed by atoms with Crippen molar-refractivity contribution < 1.29 is 4.74 Å². The average Bonchev–Trinajstić information content (AvgIpc) is 3.15. The number of aromatic nitrogens is 3. The average molecular weight is 286 g/mol. The van der Waals surface area contributed by atoms with Crippen molar-refractivity contribution in [3.63, 3.8) is 0 Å². The Morgan fingerprint density at radius 1 is 1.29 bits per heavy atom. The summed E-state index contributed by atoms with van der Waals surface area (Å²) in [5.41, 5.74) is 2.00. The van der Waals surface area contributed by atoms with E-state index in [9.17, 15) is 0 Å². The highest BCUT2D eigenvalue weighted by Crippen LogP contribution is 2.26. The van der Waals surface area contributed by atoms with Gasteiger partial charge in [-0.25, -0.2) is 9.97 Å². The molecule has 0 spiro atoms. The third-order valence-corrected chi connectivity index (χ3v) is 4.55. The van der Waals surface area contributed by atoms with Gasteiger partial charge in [0.25, 0.3) is 0 Å². The van der Waals surface area contributed by atoms with Crippen LogP contribution in [0.3, 0.4) is 0 Å². The second-order valence-electron chi connectivity index (χ2n) is 6.05. The second-order valence-corrected chi connectivity index (χ2v) is 6.05. The Balaban J connectivity index is 1.72. The van der Waals surface area contributed by atoms with Gasteiger partial charge >= 0.3 is 0 Å². The van der Waals surface area contributed by atoms with Crippen LogP contribution in [0.1, 0.15) is 44.1 Å². The van der Waals surface area contributed by atoms with Gasteiger partial charge in [0, 0.05) is 19.2 Å². The van der Waals surface area contributed by atoms with Crippen molar-refractivity contribution in [3.05, 3.63) is 24.2 Å². The summed E-state index contributed by atoms with van der Waals surface area (Å²) in [6.45, 7) is 1.97. The molecule has 4 rings (SSSR count). The van der Waals surface area contributed by atoms with Gasteiger partial charge in [-0.1, -0.05) is 0 Å². The van der Waals surface area contributed by atoms with Gasteiger partial charge in [-0.3, -0.25) is 9.88 Å². The lowest BCUT2D eigenvalue weighted by atomic mass is 10.1. The highest BCUT2D eigenvalue weighted by Gasteiger charge is 2.25. The summed E-state index contributed by atoms with van der Waals surface area (Å²) in [6, 6.07) is 4.02. The summed E-state index contributed by atoms with van der Waals surface area (Å²) in [6.07, 6.45) is 9.41. The lowest BCUT2D eigenvalue weighted by Crippen LogP contribution is -2.33. The molecule has 2 aromatic heterocycles. The van der Waals surface area contributed by atoms with E-state index >= 15 is 0 Å². The molecule has 2 unspecified atom stereocenters. The van der Waals surface area contributed by atoms with Gasteiger partial charge in [-0.2, -0.15) is 0 Å². The number of nitrogens with zero attached hydrogens (tertiary/aromatic N) is 3. The number of pyridine rings is 1. The Morgan fingerprint density at radius 3 is 3.10 bits per heavy atom. The van der Waals surface area contributed by atoms with E-state index in [1.807, 2.05) is 12.3 Å². The number of fused-ring (bicyclic) bond motifs is 1. The number of imidazole rings is 1. The molecule has 5 heteroatoms. The molecule has 1 N–H and O–H groups in total. The van der Waals surface area contributed by atoms with Gasteiger partial charge in [0.05, 0.1) is 12.3 Å². The van der Waals surface area contributed by atoms with Crippen molar-refractivity contribution in [3.8, 4) is 0 Å². The van der Waals surface area contributed by atoms with E-state index in [0.29, 0.717) is 12.3 Å². The first-order valence-corrected chi connectivity index (χ1v) is 8.08. The van der Waals surface area contributed by atoms with E-state index < -0.39 is 0 Å². The highest BCUT2D eigenvalue weighted by molar-refractivity contribution is 5.71. The molecule has 4 heterocycles. The largest absolute Gasteiger partial charge is 0.378 e. The van der Waals surface area contributed by atoms with Crippen molar-refractivity contribution in [2.24, 2.45) is 0 Å². The molecule has 2 fully saturated rings. The van der Waals surface area contributed by atoms with Gasteiger partial charge in [0.15, 0.2) is 5.65 Å². The topological polar surface area (TPSA) is 52.0 Å². The van der Waals surface area contributed by atoms with E-state index in [1.165, 1.54) is 19.3 Å². The third kappa shape index (κ3) is 2.56. The minimum absolute atomic E-state index is 0.323. The normalized spacial score (nSPS) is 26.5. The summed E-state index contributed by atoms with van der Waals surface area (Å²) in [5, 5.41) is 3.62. The Labute approximate surface area is 124 Å². The van der Waals surface area contributed by atoms with E-state index in [0.717, 1.165) is 49.4 Å². The van der Waals surface area contributed by atoms with Crippen molar-refractivity contribution in [2.45, 2.75) is 50.8 Å². The standard InChI is InChI=1S/C16H22N4O/c1-2-8-17-14(7-1)20-15(11-12-5-4-10-21-12)19-13-6-3-9-18-16(13)20/h3,6,9,12,14,17H,1-2,4-5,7-8,10-11H2. The molecule has 0 radical (unpaired) electrons. The van der Waals surface area contributed by atoms with Gasteiger partial charge in [-0.15, -0.1) is 0 Å². The predicted molar refractivity (Wildman–Crippen MR) is 81.1 cm³/mol. The molecule has 2 aliphatic heterocycles. The summed E-state index contributed by atoms with van der Waals surface area (Å²) < 4.78 is 8.12. The molecule has 112 valence electrons. The summed E-state index contributed by atoms with van der Waals surface area (Å²) in [7, 11) is 0. The van der Waals surface area contributed by atoms with Gasteiger partial charge < -0.3 is 4.74 Å². The molecule has 0 bridgehead atoms. The maximum absolute atomic E-state index is 5.80. The van der Waals surface area contributed by atoms with E-state index in [2.05, 4.69) is 20.9 Å². The molecule has 21 heavy (non-hydrogen) atoms. The molecule has 0 saturated carbocycles. The van der Waals surface area contributed by atoms with Crippen LogP contribution < -0.4 is 5.32 Å². The van der Waals surface area contributed by atoms with Gasteiger partial charge in [-0.05, 0) is 50.8 Å². The maximum Gasteiger partial charge on any atom is 0.161 e. The molecular weight excluding hydrogens is 264 g/mol. The monoisotopic (exact) mass is 286 g/mol. The Bertz CT molecular complexity index is 612. The number of hydrogen-bond acceptors (Lipinski definition) is 4. The Kier molecular flexibility index (Phi) is 3.61. The first-order chi connectivity index (χ1) is 10.4.